The summed E-state index contributed by atoms with van der Waals surface area (Å²) >= 11 is 0. The van der Waals surface area contributed by atoms with Crippen molar-refractivity contribution < 1.29 is 28.5 Å². The molecular formula is C27H24O6. The predicted octanol–water partition coefficient (Wildman–Crippen LogP) is 5.17. The second kappa shape index (κ2) is 9.61. The Hall–Kier alpha value is -4.06. The van der Waals surface area contributed by atoms with Crippen LogP contribution in [0.2, 0.25) is 0 Å². The smallest absolute Gasteiger partial charge is 0.315 e. The highest BCUT2D eigenvalue weighted by molar-refractivity contribution is 6.15. The summed E-state index contributed by atoms with van der Waals surface area (Å²) in [7, 11) is 1.59. The van der Waals surface area contributed by atoms with E-state index in [9.17, 15) is 9.59 Å². The molecule has 168 valence electrons. The quantitative estimate of drug-likeness (QED) is 0.285. The number of fused-ring (bicyclic) bond motifs is 1. The molecule has 0 aromatic heterocycles. The summed E-state index contributed by atoms with van der Waals surface area (Å²) in [6, 6.07) is 17.9. The van der Waals surface area contributed by atoms with E-state index in [-0.39, 0.29) is 18.0 Å². The molecule has 3 aromatic rings. The van der Waals surface area contributed by atoms with E-state index in [0.717, 1.165) is 16.9 Å². The maximum absolute atomic E-state index is 13.0. The topological polar surface area (TPSA) is 71.1 Å². The number of hydrogen-bond acceptors (Lipinski definition) is 6. The third-order valence-electron chi connectivity index (χ3n) is 5.19. The van der Waals surface area contributed by atoms with Crippen molar-refractivity contribution in [3.63, 3.8) is 0 Å². The highest BCUT2D eigenvalue weighted by Gasteiger charge is 2.30. The number of Topliss-reactive ketones (excluding diaryl/α,β-unsaturated/α-hetero) is 1. The van der Waals surface area contributed by atoms with E-state index in [4.69, 9.17) is 18.9 Å². The molecule has 0 fully saturated rings. The van der Waals surface area contributed by atoms with Crippen LogP contribution in [-0.2, 0) is 11.2 Å². The molecule has 6 nitrogen and oxygen atoms in total. The number of rotatable bonds is 7. The second-order valence-corrected chi connectivity index (χ2v) is 7.52. The number of esters is 1. The van der Waals surface area contributed by atoms with Crippen molar-refractivity contribution >= 4 is 17.8 Å². The van der Waals surface area contributed by atoms with Gasteiger partial charge in [0, 0.05) is 11.6 Å². The largest absolute Gasteiger partial charge is 0.497 e. The zero-order valence-corrected chi connectivity index (χ0v) is 18.7. The summed E-state index contributed by atoms with van der Waals surface area (Å²) < 4.78 is 22.1. The fourth-order valence-electron chi connectivity index (χ4n) is 3.64. The molecule has 3 aromatic carbocycles. The number of allylic oxidation sites excluding steroid dienone is 1. The molecule has 0 spiro atoms. The summed E-state index contributed by atoms with van der Waals surface area (Å²) in [6.45, 7) is 4.20. The lowest BCUT2D eigenvalue weighted by Gasteiger charge is -2.08. The van der Waals surface area contributed by atoms with Crippen molar-refractivity contribution in [3.8, 4) is 23.0 Å². The molecule has 33 heavy (non-hydrogen) atoms. The Morgan fingerprint density at radius 3 is 2.52 bits per heavy atom. The van der Waals surface area contributed by atoms with Crippen LogP contribution in [0.15, 0.2) is 66.4 Å². The maximum Gasteiger partial charge on any atom is 0.315 e. The van der Waals surface area contributed by atoms with E-state index >= 15 is 0 Å². The Morgan fingerprint density at radius 1 is 1.03 bits per heavy atom. The zero-order chi connectivity index (χ0) is 23.4. The van der Waals surface area contributed by atoms with E-state index in [0.29, 0.717) is 35.0 Å². The minimum Gasteiger partial charge on any atom is -0.497 e. The first-order chi connectivity index (χ1) is 16.0. The molecule has 6 heteroatoms. The van der Waals surface area contributed by atoms with E-state index in [1.807, 2.05) is 43.3 Å². The van der Waals surface area contributed by atoms with Gasteiger partial charge in [-0.25, -0.2) is 0 Å². The van der Waals surface area contributed by atoms with Crippen LogP contribution in [0.3, 0.4) is 0 Å². The molecule has 0 radical (unpaired) electrons. The van der Waals surface area contributed by atoms with Gasteiger partial charge < -0.3 is 18.9 Å². The van der Waals surface area contributed by atoms with Gasteiger partial charge in [0.1, 0.15) is 23.0 Å². The lowest BCUT2D eigenvalue weighted by atomic mass is 10.0. The van der Waals surface area contributed by atoms with E-state index in [1.165, 1.54) is 0 Å². The number of methoxy groups -OCH3 is 1. The highest BCUT2D eigenvalue weighted by atomic mass is 16.5. The van der Waals surface area contributed by atoms with Crippen molar-refractivity contribution in [1.29, 1.82) is 0 Å². The summed E-state index contributed by atoms with van der Waals surface area (Å²) in [5.74, 6) is 1.65. The monoisotopic (exact) mass is 444 g/mol. The molecule has 0 saturated carbocycles. The van der Waals surface area contributed by atoms with Gasteiger partial charge in [0.25, 0.3) is 0 Å². The molecular weight excluding hydrogens is 420 g/mol. The number of carbonyl (C=O) groups excluding carboxylic acids is 2. The van der Waals surface area contributed by atoms with Gasteiger partial charge in [0.2, 0.25) is 5.78 Å². The van der Waals surface area contributed by atoms with Gasteiger partial charge in [-0.1, -0.05) is 30.3 Å². The lowest BCUT2D eigenvalue weighted by molar-refractivity contribution is -0.133. The molecule has 0 bridgehead atoms. The number of hydrogen-bond donors (Lipinski definition) is 0. The van der Waals surface area contributed by atoms with Crippen LogP contribution in [0.1, 0.15) is 34.0 Å². The average Bonchev–Trinajstić information content (AvgIpc) is 3.11. The van der Waals surface area contributed by atoms with E-state index in [1.54, 1.807) is 44.4 Å². The minimum absolute atomic E-state index is 0.110. The number of ether oxygens (including phenoxy) is 4. The van der Waals surface area contributed by atoms with Crippen LogP contribution in [0.25, 0.3) is 6.08 Å². The summed E-state index contributed by atoms with van der Waals surface area (Å²) in [4.78, 5) is 25.4. The molecule has 0 atom stereocenters. The van der Waals surface area contributed by atoms with Gasteiger partial charge in [0.15, 0.2) is 5.76 Å². The van der Waals surface area contributed by atoms with Crippen LogP contribution in [0.4, 0.5) is 0 Å². The number of benzene rings is 3. The first-order valence-electron chi connectivity index (χ1n) is 10.6. The molecule has 1 aliphatic heterocycles. The fraction of sp³-hybridized carbons (Fsp3) is 0.185. The Labute approximate surface area is 192 Å². The van der Waals surface area contributed by atoms with Gasteiger partial charge in [-0.15, -0.1) is 0 Å². The first-order valence-corrected chi connectivity index (χ1v) is 10.6. The standard InChI is InChI=1S/C27H24O6/c1-4-31-22-8-6-5-7-19(22)15-24-27(29)26-17(2)13-21(16-23(26)33-24)32-25(28)14-18-9-11-20(30-3)12-10-18/h5-13,15-16H,4,14H2,1-3H3/b24-15-. The molecule has 4 rings (SSSR count). The molecule has 0 aliphatic carbocycles. The minimum atomic E-state index is -0.412. The Kier molecular flexibility index (Phi) is 6.45. The van der Waals surface area contributed by atoms with Crippen molar-refractivity contribution in [3.05, 3.63) is 88.7 Å². The Balaban J connectivity index is 1.52. The van der Waals surface area contributed by atoms with Crippen molar-refractivity contribution in [2.24, 2.45) is 0 Å². The fourth-order valence-corrected chi connectivity index (χ4v) is 3.64. The van der Waals surface area contributed by atoms with Crippen LogP contribution in [0.5, 0.6) is 23.0 Å². The van der Waals surface area contributed by atoms with Gasteiger partial charge in [-0.05, 0) is 55.3 Å². The highest BCUT2D eigenvalue weighted by Crippen LogP contribution is 2.38. The lowest BCUT2D eigenvalue weighted by Crippen LogP contribution is -2.11. The van der Waals surface area contributed by atoms with Crippen LogP contribution < -0.4 is 18.9 Å². The van der Waals surface area contributed by atoms with Crippen LogP contribution >= 0.6 is 0 Å². The zero-order valence-electron chi connectivity index (χ0n) is 18.7. The van der Waals surface area contributed by atoms with E-state index < -0.39 is 5.97 Å². The first kappa shape index (κ1) is 22.1. The number of aryl methyl sites for hydroxylation is 1. The van der Waals surface area contributed by atoms with Gasteiger partial charge in [-0.2, -0.15) is 0 Å². The average molecular weight is 444 g/mol. The van der Waals surface area contributed by atoms with Crippen LogP contribution in [-0.4, -0.2) is 25.5 Å². The summed E-state index contributed by atoms with van der Waals surface area (Å²) in [5, 5.41) is 0. The van der Waals surface area contributed by atoms with Crippen LogP contribution in [0, 0.1) is 6.92 Å². The third kappa shape index (κ3) is 4.90. The van der Waals surface area contributed by atoms with Crippen molar-refractivity contribution in [2.45, 2.75) is 20.3 Å². The second-order valence-electron chi connectivity index (χ2n) is 7.52. The molecule has 0 amide bonds. The van der Waals surface area contributed by atoms with Gasteiger partial charge >= 0.3 is 5.97 Å². The Bertz CT molecular complexity index is 1220. The van der Waals surface area contributed by atoms with Crippen molar-refractivity contribution in [2.75, 3.05) is 13.7 Å². The van der Waals surface area contributed by atoms with Gasteiger partial charge in [-0.3, -0.25) is 9.59 Å². The SMILES string of the molecule is CCOc1ccccc1/C=C1\Oc2cc(OC(=O)Cc3ccc(OC)cc3)cc(C)c2C1=O. The molecule has 0 unspecified atom stereocenters. The number of para-hydroxylation sites is 1. The molecule has 1 aliphatic rings. The molecule has 1 heterocycles. The molecule has 0 saturated heterocycles. The number of carbonyl (C=O) groups is 2. The van der Waals surface area contributed by atoms with Crippen molar-refractivity contribution in [1.82, 2.24) is 0 Å². The summed E-state index contributed by atoms with van der Waals surface area (Å²) in [5.41, 5.74) is 2.69. The Morgan fingerprint density at radius 2 is 1.79 bits per heavy atom. The van der Waals surface area contributed by atoms with Gasteiger partial charge in [0.05, 0.1) is 25.7 Å². The van der Waals surface area contributed by atoms with E-state index in [2.05, 4.69) is 0 Å². The third-order valence-corrected chi connectivity index (χ3v) is 5.19. The molecule has 0 N–H and O–H groups in total. The predicted molar refractivity (Wildman–Crippen MR) is 124 cm³/mol. The normalized spacial score (nSPS) is 13.4. The number of ketones is 1. The maximum atomic E-state index is 13.0. The summed E-state index contributed by atoms with van der Waals surface area (Å²) in [6.07, 6.45) is 1.78.